The highest BCUT2D eigenvalue weighted by Gasteiger charge is 2.35. The van der Waals surface area contributed by atoms with Gasteiger partial charge >= 0.3 is 5.97 Å². The maximum atomic E-state index is 11.3. The van der Waals surface area contributed by atoms with Crippen LogP contribution in [0.25, 0.3) is 0 Å². The number of aliphatic carboxylic acids is 1. The van der Waals surface area contributed by atoms with Crippen LogP contribution in [0.3, 0.4) is 0 Å². The predicted molar refractivity (Wildman–Crippen MR) is 65.9 cm³/mol. The topological polar surface area (TPSA) is 88.7 Å². The number of aromatic nitrogens is 1. The van der Waals surface area contributed by atoms with E-state index in [0.717, 1.165) is 5.56 Å². The first kappa shape index (κ1) is 12.8. The van der Waals surface area contributed by atoms with Gasteiger partial charge in [-0.25, -0.2) is 0 Å². The molecule has 98 valence electrons. The number of nitrogen functional groups attached to an aromatic ring is 1. The molecule has 0 radical (unpaired) electrons. The van der Waals surface area contributed by atoms with E-state index in [4.69, 9.17) is 10.5 Å². The zero-order valence-corrected chi connectivity index (χ0v) is 10.2. The fourth-order valence-corrected chi connectivity index (χ4v) is 2.22. The van der Waals surface area contributed by atoms with Crippen molar-refractivity contribution in [3.05, 3.63) is 24.0 Å². The second-order valence-corrected chi connectivity index (χ2v) is 4.40. The lowest BCUT2D eigenvalue weighted by molar-refractivity contribution is -0.156. The average Bonchev–Trinajstić information content (AvgIpc) is 2.31. The molecule has 6 heteroatoms. The standard InChI is InChI=1S/C12H17N3O3/c1-8-11(12(16)17)15(4-5-18-8)7-9-2-3-14-6-10(9)13/h2-3,6,8,11H,4-5,7,13H2,1H3,(H,16,17). The Hall–Kier alpha value is -1.66. The average molecular weight is 251 g/mol. The normalized spacial score (nSPS) is 24.9. The van der Waals surface area contributed by atoms with Gasteiger partial charge in [0.15, 0.2) is 0 Å². The third-order valence-corrected chi connectivity index (χ3v) is 3.17. The van der Waals surface area contributed by atoms with E-state index in [1.54, 1.807) is 19.3 Å². The van der Waals surface area contributed by atoms with E-state index in [2.05, 4.69) is 4.98 Å². The Balaban J connectivity index is 2.16. The minimum atomic E-state index is -0.866. The smallest absolute Gasteiger partial charge is 0.323 e. The van der Waals surface area contributed by atoms with Crippen LogP contribution in [0.4, 0.5) is 5.69 Å². The van der Waals surface area contributed by atoms with E-state index in [1.807, 2.05) is 11.0 Å². The summed E-state index contributed by atoms with van der Waals surface area (Å²) < 4.78 is 5.38. The van der Waals surface area contributed by atoms with Gasteiger partial charge in [0.1, 0.15) is 6.04 Å². The Morgan fingerprint density at radius 1 is 1.72 bits per heavy atom. The molecule has 3 N–H and O–H groups in total. The van der Waals surface area contributed by atoms with Crippen LogP contribution in [0, 0.1) is 0 Å². The molecule has 1 saturated heterocycles. The molecule has 2 atom stereocenters. The highest BCUT2D eigenvalue weighted by atomic mass is 16.5. The van der Waals surface area contributed by atoms with Gasteiger partial charge in [-0.3, -0.25) is 14.7 Å². The number of nitrogens with zero attached hydrogens (tertiary/aromatic N) is 2. The van der Waals surface area contributed by atoms with Crippen molar-refractivity contribution in [2.45, 2.75) is 25.6 Å². The monoisotopic (exact) mass is 251 g/mol. The number of pyridine rings is 1. The minimum Gasteiger partial charge on any atom is -0.480 e. The fourth-order valence-electron chi connectivity index (χ4n) is 2.22. The number of hydrogen-bond acceptors (Lipinski definition) is 5. The van der Waals surface area contributed by atoms with Crippen LogP contribution in [-0.2, 0) is 16.1 Å². The summed E-state index contributed by atoms with van der Waals surface area (Å²) in [6, 6.07) is 1.18. The predicted octanol–water partition coefficient (Wildman–Crippen LogP) is 0.338. The van der Waals surface area contributed by atoms with E-state index >= 15 is 0 Å². The summed E-state index contributed by atoms with van der Waals surface area (Å²) in [7, 11) is 0. The molecule has 1 aliphatic rings. The largest absolute Gasteiger partial charge is 0.480 e. The van der Waals surface area contributed by atoms with Crippen molar-refractivity contribution < 1.29 is 14.6 Å². The zero-order valence-electron chi connectivity index (χ0n) is 10.2. The molecule has 1 aromatic rings. The SMILES string of the molecule is CC1OCCN(Cc2ccncc2N)C1C(=O)O. The molecule has 0 aromatic carbocycles. The van der Waals surface area contributed by atoms with E-state index in [1.165, 1.54) is 0 Å². The second kappa shape index (κ2) is 5.32. The molecule has 1 fully saturated rings. The Bertz CT molecular complexity index is 438. The molecule has 0 saturated carbocycles. The van der Waals surface area contributed by atoms with Crippen LogP contribution in [0.1, 0.15) is 12.5 Å². The molecule has 2 rings (SSSR count). The summed E-state index contributed by atoms with van der Waals surface area (Å²) in [5.74, 6) is -0.866. The molecule has 0 amide bonds. The van der Waals surface area contributed by atoms with Gasteiger partial charge in [-0.1, -0.05) is 0 Å². The summed E-state index contributed by atoms with van der Waals surface area (Å²) >= 11 is 0. The van der Waals surface area contributed by atoms with E-state index in [0.29, 0.717) is 25.4 Å². The highest BCUT2D eigenvalue weighted by molar-refractivity contribution is 5.74. The second-order valence-electron chi connectivity index (χ2n) is 4.40. The van der Waals surface area contributed by atoms with Crippen molar-refractivity contribution in [1.29, 1.82) is 0 Å². The van der Waals surface area contributed by atoms with Crippen LogP contribution in [0.5, 0.6) is 0 Å². The summed E-state index contributed by atoms with van der Waals surface area (Å²) in [6.07, 6.45) is 2.92. The van der Waals surface area contributed by atoms with Crippen molar-refractivity contribution >= 4 is 11.7 Å². The van der Waals surface area contributed by atoms with Crippen LogP contribution in [0.2, 0.25) is 0 Å². The maximum Gasteiger partial charge on any atom is 0.323 e. The van der Waals surface area contributed by atoms with Gasteiger partial charge in [-0.2, -0.15) is 0 Å². The summed E-state index contributed by atoms with van der Waals surface area (Å²) in [5, 5.41) is 9.26. The minimum absolute atomic E-state index is 0.320. The summed E-state index contributed by atoms with van der Waals surface area (Å²) in [5.41, 5.74) is 7.30. The fraction of sp³-hybridized carbons (Fsp3) is 0.500. The van der Waals surface area contributed by atoms with Gasteiger partial charge in [-0.15, -0.1) is 0 Å². The molecule has 1 aliphatic heterocycles. The van der Waals surface area contributed by atoms with Crippen molar-refractivity contribution in [3.8, 4) is 0 Å². The molecule has 6 nitrogen and oxygen atoms in total. The van der Waals surface area contributed by atoms with E-state index in [9.17, 15) is 9.90 Å². The molecular formula is C12H17N3O3. The van der Waals surface area contributed by atoms with Crippen LogP contribution in [-0.4, -0.2) is 46.3 Å². The maximum absolute atomic E-state index is 11.3. The lowest BCUT2D eigenvalue weighted by atomic mass is 10.1. The van der Waals surface area contributed by atoms with Crippen LogP contribution < -0.4 is 5.73 Å². The molecule has 0 bridgehead atoms. The Kier molecular flexibility index (Phi) is 3.78. The number of rotatable bonds is 3. The lowest BCUT2D eigenvalue weighted by Crippen LogP contribution is -2.53. The first-order valence-electron chi connectivity index (χ1n) is 5.86. The van der Waals surface area contributed by atoms with E-state index < -0.39 is 12.0 Å². The van der Waals surface area contributed by atoms with Crippen molar-refractivity contribution in [3.63, 3.8) is 0 Å². The number of ether oxygens (including phenoxy) is 1. The molecule has 0 aliphatic carbocycles. The summed E-state index contributed by atoms with van der Waals surface area (Å²) in [6.45, 7) is 3.40. The molecule has 18 heavy (non-hydrogen) atoms. The van der Waals surface area contributed by atoms with E-state index in [-0.39, 0.29) is 6.10 Å². The van der Waals surface area contributed by atoms with Gasteiger partial charge in [0, 0.05) is 19.3 Å². The third-order valence-electron chi connectivity index (χ3n) is 3.17. The van der Waals surface area contributed by atoms with Gasteiger partial charge in [0.2, 0.25) is 0 Å². The number of nitrogens with two attached hydrogens (primary N) is 1. The lowest BCUT2D eigenvalue weighted by Gasteiger charge is -2.37. The molecule has 0 spiro atoms. The first-order chi connectivity index (χ1) is 8.59. The first-order valence-corrected chi connectivity index (χ1v) is 5.86. The number of morpholine rings is 1. The number of hydrogen-bond donors (Lipinski definition) is 2. The number of carbonyl (C=O) groups is 1. The van der Waals surface area contributed by atoms with Crippen molar-refractivity contribution in [1.82, 2.24) is 9.88 Å². The van der Waals surface area contributed by atoms with Crippen LogP contribution in [0.15, 0.2) is 18.5 Å². The van der Waals surface area contributed by atoms with Crippen molar-refractivity contribution in [2.75, 3.05) is 18.9 Å². The number of carboxylic acids is 1. The van der Waals surface area contributed by atoms with Gasteiger partial charge < -0.3 is 15.6 Å². The molecule has 1 aromatic heterocycles. The Labute approximate surface area is 105 Å². The Morgan fingerprint density at radius 3 is 3.17 bits per heavy atom. The van der Waals surface area contributed by atoms with Gasteiger partial charge in [0.05, 0.1) is 24.6 Å². The quantitative estimate of drug-likeness (QED) is 0.805. The van der Waals surface area contributed by atoms with Gasteiger partial charge in [0.25, 0.3) is 0 Å². The molecular weight excluding hydrogens is 234 g/mol. The third kappa shape index (κ3) is 2.60. The number of anilines is 1. The van der Waals surface area contributed by atoms with Crippen LogP contribution >= 0.6 is 0 Å². The molecule has 2 unspecified atom stereocenters. The zero-order chi connectivity index (χ0) is 13.1. The van der Waals surface area contributed by atoms with Gasteiger partial charge in [-0.05, 0) is 18.6 Å². The van der Waals surface area contributed by atoms with Crippen molar-refractivity contribution in [2.24, 2.45) is 0 Å². The molecule has 2 heterocycles. The number of carboxylic acid groups (broad SMARTS) is 1. The Morgan fingerprint density at radius 2 is 2.50 bits per heavy atom. The highest BCUT2D eigenvalue weighted by Crippen LogP contribution is 2.19. The summed E-state index contributed by atoms with van der Waals surface area (Å²) in [4.78, 5) is 17.1.